The van der Waals surface area contributed by atoms with Crippen LogP contribution in [0.3, 0.4) is 0 Å². The van der Waals surface area contributed by atoms with Crippen molar-refractivity contribution in [2.45, 2.75) is 6.54 Å². The Labute approximate surface area is 129 Å². The summed E-state index contributed by atoms with van der Waals surface area (Å²) in [5.41, 5.74) is 2.12. The molecule has 4 rings (SSSR count). The number of aromatic nitrogens is 2. The van der Waals surface area contributed by atoms with Gasteiger partial charge in [-0.15, -0.1) is 0 Å². The zero-order chi connectivity index (χ0) is 14.9. The normalized spacial score (nSPS) is 24.7. The van der Waals surface area contributed by atoms with E-state index in [0.717, 1.165) is 31.9 Å². The van der Waals surface area contributed by atoms with Crippen molar-refractivity contribution in [3.8, 4) is 0 Å². The highest BCUT2D eigenvalue weighted by Gasteiger charge is 2.46. The summed E-state index contributed by atoms with van der Waals surface area (Å²) in [5, 5.41) is 0. The van der Waals surface area contributed by atoms with E-state index in [2.05, 4.69) is 39.1 Å². The van der Waals surface area contributed by atoms with E-state index in [1.54, 1.807) is 12.4 Å². The summed E-state index contributed by atoms with van der Waals surface area (Å²) in [6.45, 7) is 3.54. The molecule has 5 heteroatoms. The largest absolute Gasteiger partial charge is 0.309 e. The Morgan fingerprint density at radius 2 is 1.82 bits per heavy atom. The van der Waals surface area contributed by atoms with Crippen molar-refractivity contribution in [2.75, 3.05) is 24.5 Å². The van der Waals surface area contributed by atoms with Crippen LogP contribution in [-0.4, -0.2) is 40.4 Å². The van der Waals surface area contributed by atoms with Gasteiger partial charge in [0.15, 0.2) is 0 Å². The number of hydrogen-bond donors (Lipinski definition) is 0. The van der Waals surface area contributed by atoms with Crippen LogP contribution < -0.4 is 4.90 Å². The summed E-state index contributed by atoms with van der Waals surface area (Å²) in [4.78, 5) is 24.9. The summed E-state index contributed by atoms with van der Waals surface area (Å²) < 4.78 is 0. The molecule has 1 aromatic carbocycles. The smallest absolute Gasteiger partial charge is 0.231 e. The number of carbonyl (C=O) groups excluding carboxylic acids is 1. The number of nitrogens with zero attached hydrogens (tertiary/aromatic N) is 4. The Bertz CT molecular complexity index is 661. The second kappa shape index (κ2) is 5.50. The minimum Gasteiger partial charge on any atom is -0.309 e. The maximum absolute atomic E-state index is 12.6. The molecule has 2 aliphatic heterocycles. The van der Waals surface area contributed by atoms with Gasteiger partial charge in [0.1, 0.15) is 6.33 Å². The van der Waals surface area contributed by atoms with Crippen molar-refractivity contribution >= 4 is 11.6 Å². The second-order valence-electron chi connectivity index (χ2n) is 6.09. The van der Waals surface area contributed by atoms with Gasteiger partial charge in [-0.05, 0) is 5.56 Å². The van der Waals surface area contributed by atoms with E-state index in [1.807, 2.05) is 11.0 Å². The molecule has 2 aromatic rings. The molecular weight excluding hydrogens is 276 g/mol. The van der Waals surface area contributed by atoms with Crippen LogP contribution in [0.5, 0.6) is 0 Å². The van der Waals surface area contributed by atoms with Crippen LogP contribution in [0.1, 0.15) is 5.56 Å². The van der Waals surface area contributed by atoms with Crippen molar-refractivity contribution in [2.24, 2.45) is 11.8 Å². The van der Waals surface area contributed by atoms with E-state index in [-0.39, 0.29) is 11.8 Å². The van der Waals surface area contributed by atoms with Gasteiger partial charge in [0.2, 0.25) is 5.91 Å². The monoisotopic (exact) mass is 294 g/mol. The maximum Gasteiger partial charge on any atom is 0.231 e. The molecule has 2 fully saturated rings. The lowest BCUT2D eigenvalue weighted by atomic mass is 10.0. The number of likely N-dealkylation sites (tertiary alicyclic amines) is 1. The average Bonchev–Trinajstić information content (AvgIpc) is 3.08. The third-order valence-electron chi connectivity index (χ3n) is 4.62. The first-order valence-electron chi connectivity index (χ1n) is 7.64. The first-order chi connectivity index (χ1) is 10.8. The van der Waals surface area contributed by atoms with Gasteiger partial charge in [0, 0.05) is 32.1 Å². The Kier molecular flexibility index (Phi) is 3.35. The molecule has 0 saturated carbocycles. The molecule has 0 bridgehead atoms. The van der Waals surface area contributed by atoms with Gasteiger partial charge in [-0.25, -0.2) is 9.97 Å². The molecule has 0 N–H and O–H groups in total. The number of rotatable bonds is 3. The molecule has 0 spiro atoms. The molecule has 0 aliphatic carbocycles. The minimum atomic E-state index is 0.115. The number of carbonyl (C=O) groups is 1. The van der Waals surface area contributed by atoms with Crippen LogP contribution in [0.25, 0.3) is 0 Å². The molecule has 1 amide bonds. The molecule has 1 aromatic heterocycles. The van der Waals surface area contributed by atoms with Crippen molar-refractivity contribution in [3.05, 3.63) is 54.6 Å². The topological polar surface area (TPSA) is 49.3 Å². The van der Waals surface area contributed by atoms with Crippen LogP contribution in [0.2, 0.25) is 0 Å². The molecular formula is C17H18N4O. The lowest BCUT2D eigenvalue weighted by Gasteiger charge is -2.21. The zero-order valence-electron chi connectivity index (χ0n) is 12.3. The van der Waals surface area contributed by atoms with E-state index in [0.29, 0.717) is 5.92 Å². The van der Waals surface area contributed by atoms with Gasteiger partial charge in [-0.2, -0.15) is 0 Å². The van der Waals surface area contributed by atoms with E-state index in [1.165, 1.54) is 11.9 Å². The molecule has 2 aliphatic rings. The minimum absolute atomic E-state index is 0.115. The molecule has 0 unspecified atom stereocenters. The lowest BCUT2D eigenvalue weighted by molar-refractivity contribution is -0.120. The average molecular weight is 294 g/mol. The van der Waals surface area contributed by atoms with Gasteiger partial charge >= 0.3 is 0 Å². The highest BCUT2D eigenvalue weighted by molar-refractivity contribution is 5.97. The van der Waals surface area contributed by atoms with Gasteiger partial charge in [0.05, 0.1) is 24.0 Å². The standard InChI is InChI=1S/C17H18N4O/c22-17-16-11-20(8-13-4-2-1-3-5-13)9-14(16)10-21(17)15-6-18-12-19-7-15/h1-7,12,14,16H,8-11H2/t14-,16-/m0/s1. The second-order valence-corrected chi connectivity index (χ2v) is 6.09. The van der Waals surface area contributed by atoms with Gasteiger partial charge in [-0.3, -0.25) is 9.69 Å². The summed E-state index contributed by atoms with van der Waals surface area (Å²) in [6, 6.07) is 10.4. The Morgan fingerprint density at radius 1 is 1.05 bits per heavy atom. The van der Waals surface area contributed by atoms with Crippen LogP contribution in [0.15, 0.2) is 49.1 Å². The zero-order valence-corrected chi connectivity index (χ0v) is 12.3. The van der Waals surface area contributed by atoms with E-state index < -0.39 is 0 Å². The lowest BCUT2D eigenvalue weighted by Crippen LogP contribution is -2.32. The summed E-state index contributed by atoms with van der Waals surface area (Å²) >= 11 is 0. The number of fused-ring (bicyclic) bond motifs is 1. The number of anilines is 1. The van der Waals surface area contributed by atoms with Crippen LogP contribution in [-0.2, 0) is 11.3 Å². The molecule has 5 nitrogen and oxygen atoms in total. The van der Waals surface area contributed by atoms with Crippen LogP contribution >= 0.6 is 0 Å². The van der Waals surface area contributed by atoms with E-state index >= 15 is 0 Å². The molecule has 22 heavy (non-hydrogen) atoms. The molecule has 0 radical (unpaired) electrons. The first kappa shape index (κ1) is 13.4. The highest BCUT2D eigenvalue weighted by atomic mass is 16.2. The van der Waals surface area contributed by atoms with Crippen LogP contribution in [0.4, 0.5) is 5.69 Å². The molecule has 2 atom stereocenters. The third kappa shape index (κ3) is 2.37. The SMILES string of the molecule is O=C1[C@H]2CN(Cc3ccccc3)C[C@H]2CN1c1cncnc1. The van der Waals surface area contributed by atoms with Crippen molar-refractivity contribution in [3.63, 3.8) is 0 Å². The number of amides is 1. The van der Waals surface area contributed by atoms with Gasteiger partial charge in [-0.1, -0.05) is 30.3 Å². The van der Waals surface area contributed by atoms with Crippen LogP contribution in [0, 0.1) is 11.8 Å². The summed E-state index contributed by atoms with van der Waals surface area (Å²) in [7, 11) is 0. The Hall–Kier alpha value is -2.27. The van der Waals surface area contributed by atoms with E-state index in [4.69, 9.17) is 0 Å². The van der Waals surface area contributed by atoms with Crippen molar-refractivity contribution in [1.29, 1.82) is 0 Å². The fraction of sp³-hybridized carbons (Fsp3) is 0.353. The number of hydrogen-bond acceptors (Lipinski definition) is 4. The fourth-order valence-corrected chi connectivity index (χ4v) is 3.58. The number of benzene rings is 1. The first-order valence-corrected chi connectivity index (χ1v) is 7.64. The predicted molar refractivity (Wildman–Crippen MR) is 83.1 cm³/mol. The van der Waals surface area contributed by atoms with Gasteiger partial charge < -0.3 is 4.90 Å². The maximum atomic E-state index is 12.6. The van der Waals surface area contributed by atoms with Gasteiger partial charge in [0.25, 0.3) is 0 Å². The van der Waals surface area contributed by atoms with E-state index in [9.17, 15) is 4.79 Å². The molecule has 112 valence electrons. The Morgan fingerprint density at radius 3 is 2.55 bits per heavy atom. The highest BCUT2D eigenvalue weighted by Crippen LogP contribution is 2.35. The predicted octanol–water partition coefficient (Wildman–Crippen LogP) is 1.57. The summed E-state index contributed by atoms with van der Waals surface area (Å²) in [5.74, 6) is 0.746. The fourth-order valence-electron chi connectivity index (χ4n) is 3.58. The Balaban J connectivity index is 1.44. The molecule has 2 saturated heterocycles. The quantitative estimate of drug-likeness (QED) is 0.862. The summed E-state index contributed by atoms with van der Waals surface area (Å²) in [6.07, 6.45) is 4.92. The third-order valence-corrected chi connectivity index (χ3v) is 4.62. The van der Waals surface area contributed by atoms with Crippen molar-refractivity contribution < 1.29 is 4.79 Å². The molecule has 3 heterocycles. The van der Waals surface area contributed by atoms with Crippen molar-refractivity contribution in [1.82, 2.24) is 14.9 Å².